The number of aliphatic carboxylic acids is 1. The monoisotopic (exact) mass is 676 g/mol. The number of nitrogens with one attached hydrogen (secondary N) is 2. The summed E-state index contributed by atoms with van der Waals surface area (Å²) in [5.74, 6) is -3.01. The number of imide groups is 1. The zero-order valence-corrected chi connectivity index (χ0v) is 24.9. The number of halogens is 1. The van der Waals surface area contributed by atoms with Crippen molar-refractivity contribution in [1.82, 2.24) is 25.4 Å². The fourth-order valence-electron chi connectivity index (χ4n) is 4.70. The van der Waals surface area contributed by atoms with E-state index in [1.807, 2.05) is 0 Å². The molecule has 4 atom stereocenters. The number of amides is 6. The Morgan fingerprint density at radius 1 is 1.21 bits per heavy atom. The Balaban J connectivity index is 1.28. The molecule has 1 aromatic rings. The molecule has 4 aliphatic heterocycles. The third-order valence-electron chi connectivity index (χ3n) is 6.74. The number of β-lactam (4-membered cyclic amide) rings is 1. The maximum atomic E-state index is 13.5. The van der Waals surface area contributed by atoms with Crippen LogP contribution in [0.25, 0.3) is 0 Å². The van der Waals surface area contributed by atoms with Gasteiger partial charge in [-0.05, 0) is 27.6 Å². The van der Waals surface area contributed by atoms with Crippen molar-refractivity contribution in [2.24, 2.45) is 5.10 Å². The minimum Gasteiger partial charge on any atom is -0.477 e. The second-order valence-corrected chi connectivity index (χ2v) is 11.6. The fraction of sp³-hybridized carbons (Fsp3) is 0.346. The summed E-state index contributed by atoms with van der Waals surface area (Å²) in [6.45, 7) is 1.01. The van der Waals surface area contributed by atoms with Gasteiger partial charge in [-0.25, -0.2) is 24.3 Å². The highest BCUT2D eigenvalue weighted by Gasteiger charge is 2.54. The van der Waals surface area contributed by atoms with E-state index in [1.165, 1.54) is 18.7 Å². The number of thioether (sulfide) groups is 1. The number of carboxylic acid groups (broad SMARTS) is 1. The van der Waals surface area contributed by atoms with Gasteiger partial charge < -0.3 is 25.2 Å². The van der Waals surface area contributed by atoms with Crippen LogP contribution in [0, 0.1) is 0 Å². The Kier molecular flexibility index (Phi) is 8.72. The smallest absolute Gasteiger partial charge is 0.352 e. The van der Waals surface area contributed by atoms with Crippen LogP contribution in [0.3, 0.4) is 0 Å². The van der Waals surface area contributed by atoms with Gasteiger partial charge in [-0.1, -0.05) is 30.3 Å². The van der Waals surface area contributed by atoms with Gasteiger partial charge >= 0.3 is 24.0 Å². The van der Waals surface area contributed by atoms with Gasteiger partial charge in [0.05, 0.1) is 13.1 Å². The van der Waals surface area contributed by atoms with E-state index in [4.69, 9.17) is 9.47 Å². The lowest BCUT2D eigenvalue weighted by molar-refractivity contribution is -0.151. The molecule has 0 saturated carbocycles. The standard InChI is InChI=1S/C26H25BrN6O9S/c1-13(34)41-11-15-12-43-23-19(22(36)33(23)20(15)24(37)38)28-21(35)18(14-5-3-2-4-6-14)29-25(39)31-9-10-32(26(31)40)30-17-8-7-16(27)42-17/h2-8,16,18-19,23H,9-12H2,1H3,(H,28,35)(H,29,39)(H,37,38)/t16?,18?,19?,23-/m0/s1. The summed E-state index contributed by atoms with van der Waals surface area (Å²) >= 11 is 4.44. The average molecular weight is 677 g/mol. The number of ether oxygens (including phenoxy) is 2. The molecule has 17 heteroatoms. The van der Waals surface area contributed by atoms with Crippen LogP contribution >= 0.6 is 27.7 Å². The highest BCUT2D eigenvalue weighted by atomic mass is 79.9. The summed E-state index contributed by atoms with van der Waals surface area (Å²) in [5, 5.41) is 19.0. The van der Waals surface area contributed by atoms with E-state index in [0.29, 0.717) is 5.56 Å². The predicted molar refractivity (Wildman–Crippen MR) is 153 cm³/mol. The molecule has 3 N–H and O–H groups in total. The van der Waals surface area contributed by atoms with Crippen LogP contribution in [0.1, 0.15) is 18.5 Å². The van der Waals surface area contributed by atoms with E-state index in [-0.39, 0.29) is 47.6 Å². The van der Waals surface area contributed by atoms with E-state index < -0.39 is 53.3 Å². The molecule has 2 fully saturated rings. The molecule has 6 amide bonds. The van der Waals surface area contributed by atoms with Crippen LogP contribution in [0.5, 0.6) is 0 Å². The van der Waals surface area contributed by atoms with Crippen molar-refractivity contribution >= 4 is 69.4 Å². The minimum absolute atomic E-state index is 0.000785. The molecule has 4 heterocycles. The quantitative estimate of drug-likeness (QED) is 0.204. The molecule has 43 heavy (non-hydrogen) atoms. The van der Waals surface area contributed by atoms with Crippen molar-refractivity contribution < 1.29 is 43.3 Å². The number of benzene rings is 1. The van der Waals surface area contributed by atoms with Crippen LogP contribution < -0.4 is 10.6 Å². The van der Waals surface area contributed by atoms with Crippen molar-refractivity contribution in [1.29, 1.82) is 0 Å². The number of alkyl halides is 1. The van der Waals surface area contributed by atoms with Gasteiger partial charge in [-0.15, -0.1) is 16.9 Å². The van der Waals surface area contributed by atoms with Crippen molar-refractivity contribution in [3.63, 3.8) is 0 Å². The topological polar surface area (TPSA) is 187 Å². The summed E-state index contributed by atoms with van der Waals surface area (Å²) < 4.78 is 10.3. The SMILES string of the molecule is CC(=O)OCC1=C(C(=O)O)N2C(=O)C(NC(=O)C(NC(=O)N3CCN(N=C4C=CC(Br)O4)C3=O)c3ccccc3)[C@@H]2SC1. The third-order valence-corrected chi connectivity index (χ3v) is 8.57. The largest absolute Gasteiger partial charge is 0.477 e. The Labute approximate surface area is 257 Å². The zero-order valence-electron chi connectivity index (χ0n) is 22.5. The molecular formula is C26H25BrN6O9S. The number of esters is 1. The Morgan fingerprint density at radius 2 is 1.95 bits per heavy atom. The van der Waals surface area contributed by atoms with Crippen LogP contribution in [-0.2, 0) is 28.7 Å². The van der Waals surface area contributed by atoms with E-state index in [2.05, 4.69) is 31.7 Å². The maximum Gasteiger partial charge on any atom is 0.352 e. The average Bonchev–Trinajstić information content (AvgIpc) is 3.57. The fourth-order valence-corrected chi connectivity index (χ4v) is 6.37. The predicted octanol–water partition coefficient (Wildman–Crippen LogP) is 1.10. The van der Waals surface area contributed by atoms with E-state index in [0.717, 1.165) is 14.8 Å². The van der Waals surface area contributed by atoms with E-state index in [1.54, 1.807) is 42.5 Å². The highest BCUT2D eigenvalue weighted by Crippen LogP contribution is 2.40. The number of carbonyl (C=O) groups is 6. The molecule has 0 aliphatic carbocycles. The normalized spacial score (nSPS) is 24.4. The first kappa shape index (κ1) is 30.1. The first-order valence-corrected chi connectivity index (χ1v) is 14.9. The Hall–Kier alpha value is -4.38. The summed E-state index contributed by atoms with van der Waals surface area (Å²) in [7, 11) is 0. The number of rotatable bonds is 8. The van der Waals surface area contributed by atoms with Gasteiger partial charge in [0.15, 0.2) is 5.01 Å². The van der Waals surface area contributed by atoms with Gasteiger partial charge in [0.2, 0.25) is 11.8 Å². The second-order valence-electron chi connectivity index (χ2n) is 9.55. The van der Waals surface area contributed by atoms with Crippen molar-refractivity contribution in [2.75, 3.05) is 25.4 Å². The van der Waals surface area contributed by atoms with Gasteiger partial charge in [-0.2, -0.15) is 0 Å². The highest BCUT2D eigenvalue weighted by molar-refractivity contribution is 9.09. The Bertz CT molecular complexity index is 1470. The van der Waals surface area contributed by atoms with Crippen molar-refractivity contribution in [3.05, 3.63) is 59.3 Å². The number of carboxylic acids is 1. The number of hydrogen-bond donors (Lipinski definition) is 3. The third kappa shape index (κ3) is 6.22. The molecular weight excluding hydrogens is 652 g/mol. The maximum absolute atomic E-state index is 13.5. The number of urea groups is 2. The van der Waals surface area contributed by atoms with Crippen LogP contribution in [-0.4, -0.2) is 104 Å². The molecule has 15 nitrogen and oxygen atoms in total. The molecule has 2 saturated heterocycles. The van der Waals surface area contributed by atoms with Crippen LogP contribution in [0.2, 0.25) is 0 Å². The number of nitrogens with zero attached hydrogens (tertiary/aromatic N) is 4. The molecule has 4 aliphatic rings. The molecule has 0 bridgehead atoms. The molecule has 5 rings (SSSR count). The first-order valence-electron chi connectivity index (χ1n) is 12.9. The molecule has 1 aromatic carbocycles. The van der Waals surface area contributed by atoms with Gasteiger partial charge in [-0.3, -0.25) is 19.3 Å². The number of fused-ring (bicyclic) bond motifs is 1. The summed E-state index contributed by atoms with van der Waals surface area (Å²) in [6.07, 6.45) is 3.26. The van der Waals surface area contributed by atoms with E-state index >= 15 is 0 Å². The van der Waals surface area contributed by atoms with Crippen molar-refractivity contribution in [2.45, 2.75) is 29.4 Å². The molecule has 3 unspecified atom stereocenters. The second kappa shape index (κ2) is 12.5. The lowest BCUT2D eigenvalue weighted by Gasteiger charge is -2.49. The minimum atomic E-state index is -1.36. The van der Waals surface area contributed by atoms with Gasteiger partial charge in [0.25, 0.3) is 5.91 Å². The van der Waals surface area contributed by atoms with E-state index in [9.17, 15) is 33.9 Å². The first-order chi connectivity index (χ1) is 20.5. The number of hydrogen-bond acceptors (Lipinski definition) is 10. The molecule has 0 spiro atoms. The van der Waals surface area contributed by atoms with Crippen LogP contribution in [0.15, 0.2) is 58.9 Å². The Morgan fingerprint density at radius 3 is 2.60 bits per heavy atom. The summed E-state index contributed by atoms with van der Waals surface area (Å²) in [4.78, 5) is 77.9. The lowest BCUT2D eigenvalue weighted by Crippen LogP contribution is -2.71. The number of carbonyl (C=O) groups excluding carboxylic acids is 5. The summed E-state index contributed by atoms with van der Waals surface area (Å²) in [5.41, 5.74) is 0.354. The molecule has 226 valence electrons. The van der Waals surface area contributed by atoms with Crippen molar-refractivity contribution in [3.8, 4) is 0 Å². The molecule has 0 aromatic heterocycles. The van der Waals surface area contributed by atoms with Gasteiger partial charge in [0.1, 0.15) is 29.8 Å². The number of hydrazone groups is 1. The zero-order chi connectivity index (χ0) is 30.8. The lowest BCUT2D eigenvalue weighted by atomic mass is 10.0. The van der Waals surface area contributed by atoms with Crippen LogP contribution in [0.4, 0.5) is 9.59 Å². The molecule has 0 radical (unpaired) electrons. The summed E-state index contributed by atoms with van der Waals surface area (Å²) in [6, 6.07) is 4.31. The van der Waals surface area contributed by atoms with Gasteiger partial charge in [0, 0.05) is 24.3 Å².